The first-order valence-electron chi connectivity index (χ1n) is 13.0. The van der Waals surface area contributed by atoms with Gasteiger partial charge in [0.1, 0.15) is 17.6 Å². The first-order chi connectivity index (χ1) is 17.7. The molecule has 2 aliphatic carbocycles. The molecule has 0 unspecified atom stereocenters. The third-order valence-electron chi connectivity index (χ3n) is 7.29. The second-order valence-electron chi connectivity index (χ2n) is 10.6. The summed E-state index contributed by atoms with van der Waals surface area (Å²) in [6.45, 7) is 7.61. The van der Waals surface area contributed by atoms with Gasteiger partial charge >= 0.3 is 0 Å². The zero-order valence-corrected chi connectivity index (χ0v) is 21.7. The van der Waals surface area contributed by atoms with Gasteiger partial charge in [0, 0.05) is 35.3 Å². The van der Waals surface area contributed by atoms with E-state index in [4.69, 9.17) is 0 Å². The zero-order valence-electron chi connectivity index (χ0n) is 21.7. The van der Waals surface area contributed by atoms with Crippen molar-refractivity contribution >= 4 is 17.6 Å². The number of hydrogen-bond acceptors (Lipinski definition) is 5. The lowest BCUT2D eigenvalue weighted by Gasteiger charge is -2.27. The lowest BCUT2D eigenvalue weighted by atomic mass is 9.88. The maximum Gasteiger partial charge on any atom is 0.270 e. The lowest BCUT2D eigenvalue weighted by molar-refractivity contribution is -0.119. The van der Waals surface area contributed by atoms with Crippen molar-refractivity contribution in [1.82, 2.24) is 25.1 Å². The van der Waals surface area contributed by atoms with E-state index in [0.29, 0.717) is 34.4 Å². The van der Waals surface area contributed by atoms with E-state index >= 15 is 4.39 Å². The highest BCUT2D eigenvalue weighted by molar-refractivity contribution is 6.00. The first-order valence-corrected chi connectivity index (χ1v) is 13.0. The van der Waals surface area contributed by atoms with Crippen molar-refractivity contribution in [3.05, 3.63) is 59.6 Å². The summed E-state index contributed by atoms with van der Waals surface area (Å²) in [5.74, 6) is -0.429. The van der Waals surface area contributed by atoms with E-state index in [0.717, 1.165) is 31.2 Å². The Morgan fingerprint density at radius 3 is 2.38 bits per heavy atom. The Labute approximate surface area is 216 Å². The molecule has 0 radical (unpaired) electrons. The minimum absolute atomic E-state index is 0.00335. The third-order valence-corrected chi connectivity index (χ3v) is 7.29. The summed E-state index contributed by atoms with van der Waals surface area (Å²) in [6, 6.07) is 5.98. The molecular weight excluding hydrogens is 471 g/mol. The molecule has 3 heterocycles. The van der Waals surface area contributed by atoms with Crippen LogP contribution in [-0.4, -0.2) is 37.6 Å². The van der Waals surface area contributed by atoms with E-state index in [2.05, 4.69) is 25.7 Å². The van der Waals surface area contributed by atoms with Crippen molar-refractivity contribution in [2.45, 2.75) is 65.5 Å². The highest BCUT2D eigenvalue weighted by Gasteiger charge is 2.48. The van der Waals surface area contributed by atoms with Crippen molar-refractivity contribution < 1.29 is 14.0 Å². The van der Waals surface area contributed by atoms with Gasteiger partial charge in [0.25, 0.3) is 5.91 Å². The molecule has 0 aliphatic heterocycles. The van der Waals surface area contributed by atoms with Crippen LogP contribution < -0.4 is 10.6 Å². The van der Waals surface area contributed by atoms with E-state index in [1.54, 1.807) is 35.3 Å². The molecule has 37 heavy (non-hydrogen) atoms. The van der Waals surface area contributed by atoms with E-state index in [9.17, 15) is 9.59 Å². The van der Waals surface area contributed by atoms with E-state index in [-0.39, 0.29) is 29.6 Å². The van der Waals surface area contributed by atoms with Crippen LogP contribution >= 0.6 is 0 Å². The topological polar surface area (TPSA) is 102 Å². The molecule has 0 saturated heterocycles. The smallest absolute Gasteiger partial charge is 0.270 e. The Kier molecular flexibility index (Phi) is 6.79. The number of pyridine rings is 2. The second kappa shape index (κ2) is 10.0. The number of nitrogens with one attached hydrogen (secondary N) is 2. The fraction of sp³-hybridized carbons (Fsp3) is 0.464. The highest BCUT2D eigenvalue weighted by Crippen LogP contribution is 2.51. The Balaban J connectivity index is 1.39. The molecule has 0 spiro atoms. The number of carbonyl (C=O) groups is 2. The number of amides is 2. The summed E-state index contributed by atoms with van der Waals surface area (Å²) in [5.41, 5.74) is 3.02. The molecule has 0 aromatic carbocycles. The fourth-order valence-corrected chi connectivity index (χ4v) is 5.17. The third kappa shape index (κ3) is 5.40. The molecule has 5 rings (SSSR count). The van der Waals surface area contributed by atoms with Gasteiger partial charge in [-0.15, -0.1) is 0 Å². The maximum atomic E-state index is 15.1. The largest absolute Gasteiger partial charge is 0.339 e. The molecule has 0 bridgehead atoms. The molecule has 2 fully saturated rings. The number of anilines is 1. The molecule has 1 atom stereocenters. The van der Waals surface area contributed by atoms with Crippen LogP contribution in [0.15, 0.2) is 36.7 Å². The van der Waals surface area contributed by atoms with Gasteiger partial charge in [0.05, 0.1) is 0 Å². The number of halogens is 1. The Morgan fingerprint density at radius 2 is 1.76 bits per heavy atom. The number of aryl methyl sites for hydroxylation is 2. The molecule has 8 nitrogen and oxygen atoms in total. The van der Waals surface area contributed by atoms with Crippen molar-refractivity contribution in [3.8, 4) is 11.1 Å². The standard InChI is InChI=1S/C28H33FN6O2/c1-15(2)35-22(11-12-31-35)27(36)34-25(24(18-5-6-18)19-7-8-19)28(37)33-23-10-9-20(26(29)32-23)21-13-16(3)14-30-17(21)4/h9-15,18-19,24-25H,5-8H2,1-4H3,(H,34,36)(H,32,33,37)/t25-/m0/s1. The summed E-state index contributed by atoms with van der Waals surface area (Å²) in [4.78, 5) is 35.2. The zero-order chi connectivity index (χ0) is 26.3. The van der Waals surface area contributed by atoms with Crippen molar-refractivity contribution in [2.75, 3.05) is 5.32 Å². The van der Waals surface area contributed by atoms with Gasteiger partial charge in [-0.1, -0.05) is 0 Å². The Bertz CT molecular complexity index is 1320. The number of hydrogen-bond donors (Lipinski definition) is 2. The van der Waals surface area contributed by atoms with Crippen molar-refractivity contribution in [2.24, 2.45) is 17.8 Å². The predicted molar refractivity (Wildman–Crippen MR) is 138 cm³/mol. The fourth-order valence-electron chi connectivity index (χ4n) is 5.17. The first kappa shape index (κ1) is 25.0. The number of nitrogens with zero attached hydrogens (tertiary/aromatic N) is 4. The molecule has 2 aliphatic rings. The van der Waals surface area contributed by atoms with Gasteiger partial charge in [-0.05, 0) is 101 Å². The summed E-state index contributed by atoms with van der Waals surface area (Å²) >= 11 is 0. The average molecular weight is 505 g/mol. The lowest BCUT2D eigenvalue weighted by Crippen LogP contribution is -2.50. The number of aromatic nitrogens is 4. The molecule has 2 saturated carbocycles. The molecule has 3 aromatic heterocycles. The van der Waals surface area contributed by atoms with Crippen LogP contribution in [-0.2, 0) is 4.79 Å². The average Bonchev–Trinajstić information content (AvgIpc) is 3.80. The van der Waals surface area contributed by atoms with Crippen LogP contribution in [0.2, 0.25) is 0 Å². The number of rotatable bonds is 9. The Morgan fingerprint density at radius 1 is 1.05 bits per heavy atom. The number of carbonyl (C=O) groups excluding carboxylic acids is 2. The summed E-state index contributed by atoms with van der Waals surface area (Å²) in [7, 11) is 0. The highest BCUT2D eigenvalue weighted by atomic mass is 19.1. The van der Waals surface area contributed by atoms with Crippen molar-refractivity contribution in [1.29, 1.82) is 0 Å². The molecular formula is C28H33FN6O2. The van der Waals surface area contributed by atoms with Gasteiger partial charge < -0.3 is 10.6 Å². The van der Waals surface area contributed by atoms with Gasteiger partial charge in [-0.25, -0.2) is 4.98 Å². The van der Waals surface area contributed by atoms with Gasteiger partial charge in [0.2, 0.25) is 11.9 Å². The molecule has 2 N–H and O–H groups in total. The van der Waals surface area contributed by atoms with Crippen LogP contribution in [0.3, 0.4) is 0 Å². The minimum atomic E-state index is -0.740. The molecule has 2 amide bonds. The van der Waals surface area contributed by atoms with E-state index in [1.165, 1.54) is 0 Å². The second-order valence-corrected chi connectivity index (χ2v) is 10.6. The SMILES string of the molecule is Cc1cnc(C)c(-c2ccc(NC(=O)[C@@H](NC(=O)c3ccnn3C(C)C)C(C3CC3)C3CC3)nc2F)c1. The maximum absolute atomic E-state index is 15.1. The summed E-state index contributed by atoms with van der Waals surface area (Å²) in [5, 5.41) is 10.0. The van der Waals surface area contributed by atoms with E-state index < -0.39 is 12.0 Å². The van der Waals surface area contributed by atoms with E-state index in [1.807, 2.05) is 33.8 Å². The normalized spacial score (nSPS) is 16.2. The van der Waals surface area contributed by atoms with Gasteiger partial charge in [0.15, 0.2) is 0 Å². The minimum Gasteiger partial charge on any atom is -0.339 e. The van der Waals surface area contributed by atoms with Crippen LogP contribution in [0.5, 0.6) is 0 Å². The van der Waals surface area contributed by atoms with Crippen LogP contribution in [0, 0.1) is 37.5 Å². The van der Waals surface area contributed by atoms with Gasteiger partial charge in [-0.3, -0.25) is 19.3 Å². The van der Waals surface area contributed by atoms with Crippen LogP contribution in [0.4, 0.5) is 10.2 Å². The molecule has 9 heteroatoms. The predicted octanol–water partition coefficient (Wildman–Crippen LogP) is 4.85. The quantitative estimate of drug-likeness (QED) is 0.406. The molecule has 194 valence electrons. The molecule has 3 aromatic rings. The van der Waals surface area contributed by atoms with Crippen LogP contribution in [0.1, 0.15) is 67.3 Å². The summed E-state index contributed by atoms with van der Waals surface area (Å²) in [6.07, 6.45) is 7.53. The Hall–Kier alpha value is -3.62. The monoisotopic (exact) mass is 504 g/mol. The van der Waals surface area contributed by atoms with Crippen LogP contribution in [0.25, 0.3) is 11.1 Å². The summed E-state index contributed by atoms with van der Waals surface area (Å²) < 4.78 is 16.7. The van der Waals surface area contributed by atoms with Gasteiger partial charge in [-0.2, -0.15) is 9.49 Å². The van der Waals surface area contributed by atoms with Crippen molar-refractivity contribution in [3.63, 3.8) is 0 Å².